The molecule has 1 aliphatic rings. The summed E-state index contributed by atoms with van der Waals surface area (Å²) in [6, 6.07) is 4.93. The molecule has 1 saturated carbocycles. The zero-order valence-corrected chi connectivity index (χ0v) is 10.2. The third-order valence-electron chi connectivity index (χ3n) is 3.54. The smallest absolute Gasteiger partial charge is 0.128 e. The van der Waals surface area contributed by atoms with Gasteiger partial charge in [0.25, 0.3) is 0 Å². The van der Waals surface area contributed by atoms with Crippen LogP contribution in [0.3, 0.4) is 0 Å². The van der Waals surface area contributed by atoms with E-state index in [1.165, 1.54) is 24.8 Å². The molecule has 2 rings (SSSR count). The summed E-state index contributed by atoms with van der Waals surface area (Å²) in [7, 11) is 2.10. The van der Waals surface area contributed by atoms with E-state index in [2.05, 4.69) is 36.0 Å². The lowest BCUT2D eigenvalue weighted by Crippen LogP contribution is -2.48. The highest BCUT2D eigenvalue weighted by Crippen LogP contribution is 2.24. The van der Waals surface area contributed by atoms with Gasteiger partial charge in [-0.1, -0.05) is 18.9 Å². The van der Waals surface area contributed by atoms with Gasteiger partial charge in [-0.15, -0.1) is 0 Å². The standard InChI is InChI=1S/C13H21N3/c1-10-7-8-13(15-9-10)16(2)12-6-4-3-5-11(12)14/h7-9,11-12H,3-6,14H2,1-2H3. The van der Waals surface area contributed by atoms with Gasteiger partial charge < -0.3 is 10.6 Å². The van der Waals surface area contributed by atoms with Crippen LogP contribution in [0.1, 0.15) is 31.2 Å². The molecule has 0 aliphatic heterocycles. The van der Waals surface area contributed by atoms with E-state index in [1.54, 1.807) is 0 Å². The summed E-state index contributed by atoms with van der Waals surface area (Å²) >= 11 is 0. The first-order chi connectivity index (χ1) is 7.68. The average molecular weight is 219 g/mol. The van der Waals surface area contributed by atoms with Crippen LogP contribution < -0.4 is 10.6 Å². The van der Waals surface area contributed by atoms with Crippen molar-refractivity contribution >= 4 is 5.82 Å². The number of hydrogen-bond acceptors (Lipinski definition) is 3. The number of aryl methyl sites for hydroxylation is 1. The zero-order valence-electron chi connectivity index (χ0n) is 10.2. The highest BCUT2D eigenvalue weighted by molar-refractivity contribution is 5.40. The lowest BCUT2D eigenvalue weighted by atomic mass is 9.90. The molecular weight excluding hydrogens is 198 g/mol. The van der Waals surface area contributed by atoms with Crippen molar-refractivity contribution in [3.8, 4) is 0 Å². The number of hydrogen-bond donors (Lipinski definition) is 1. The van der Waals surface area contributed by atoms with Crippen LogP contribution in [-0.4, -0.2) is 24.1 Å². The van der Waals surface area contributed by atoms with Crippen molar-refractivity contribution in [3.05, 3.63) is 23.9 Å². The molecule has 2 N–H and O–H groups in total. The average Bonchev–Trinajstić information content (AvgIpc) is 2.30. The van der Waals surface area contributed by atoms with Gasteiger partial charge in [-0.3, -0.25) is 0 Å². The Bertz CT molecular complexity index is 334. The van der Waals surface area contributed by atoms with Crippen LogP contribution in [0.25, 0.3) is 0 Å². The van der Waals surface area contributed by atoms with E-state index in [9.17, 15) is 0 Å². The quantitative estimate of drug-likeness (QED) is 0.828. The fourth-order valence-corrected chi connectivity index (χ4v) is 2.46. The second-order valence-corrected chi connectivity index (χ2v) is 4.82. The molecule has 1 fully saturated rings. The van der Waals surface area contributed by atoms with Gasteiger partial charge in [-0.2, -0.15) is 0 Å². The van der Waals surface area contributed by atoms with E-state index < -0.39 is 0 Å². The molecule has 88 valence electrons. The first-order valence-electron chi connectivity index (χ1n) is 6.09. The highest BCUT2D eigenvalue weighted by Gasteiger charge is 2.25. The topological polar surface area (TPSA) is 42.1 Å². The monoisotopic (exact) mass is 219 g/mol. The Balaban J connectivity index is 2.11. The molecule has 2 atom stereocenters. The molecule has 2 unspecified atom stereocenters. The Kier molecular flexibility index (Phi) is 3.44. The van der Waals surface area contributed by atoms with Crippen LogP contribution in [0.2, 0.25) is 0 Å². The van der Waals surface area contributed by atoms with Gasteiger partial charge in [0, 0.05) is 25.3 Å². The fourth-order valence-electron chi connectivity index (χ4n) is 2.46. The minimum Gasteiger partial charge on any atom is -0.355 e. The van der Waals surface area contributed by atoms with Crippen molar-refractivity contribution in [2.24, 2.45) is 5.73 Å². The summed E-state index contributed by atoms with van der Waals surface area (Å²) < 4.78 is 0. The van der Waals surface area contributed by atoms with Gasteiger partial charge in [-0.25, -0.2) is 4.98 Å². The van der Waals surface area contributed by atoms with Gasteiger partial charge in [0.15, 0.2) is 0 Å². The maximum atomic E-state index is 6.18. The fraction of sp³-hybridized carbons (Fsp3) is 0.615. The number of rotatable bonds is 2. The third kappa shape index (κ3) is 2.35. The molecule has 0 spiro atoms. The number of pyridine rings is 1. The summed E-state index contributed by atoms with van der Waals surface area (Å²) in [5, 5.41) is 0. The minimum absolute atomic E-state index is 0.293. The maximum absolute atomic E-state index is 6.18. The summed E-state index contributed by atoms with van der Waals surface area (Å²) in [6.07, 6.45) is 6.80. The van der Waals surface area contributed by atoms with Crippen molar-refractivity contribution in [2.45, 2.75) is 44.7 Å². The lowest BCUT2D eigenvalue weighted by molar-refractivity contribution is 0.372. The summed E-state index contributed by atoms with van der Waals surface area (Å²) in [5.74, 6) is 1.04. The number of nitrogens with two attached hydrogens (primary N) is 1. The molecule has 1 aliphatic carbocycles. The Labute approximate surface area is 97.7 Å². The first kappa shape index (κ1) is 11.4. The number of likely N-dealkylation sites (N-methyl/N-ethyl adjacent to an activating group) is 1. The Hall–Kier alpha value is -1.09. The van der Waals surface area contributed by atoms with Crippen molar-refractivity contribution in [3.63, 3.8) is 0 Å². The highest BCUT2D eigenvalue weighted by atomic mass is 15.2. The molecule has 0 radical (unpaired) electrons. The zero-order chi connectivity index (χ0) is 11.5. The molecule has 1 heterocycles. The Morgan fingerprint density at radius 3 is 2.69 bits per heavy atom. The van der Waals surface area contributed by atoms with Crippen molar-refractivity contribution in [1.82, 2.24) is 4.98 Å². The Morgan fingerprint density at radius 1 is 1.31 bits per heavy atom. The molecule has 3 heteroatoms. The van der Waals surface area contributed by atoms with Crippen molar-refractivity contribution < 1.29 is 0 Å². The minimum atomic E-state index is 0.293. The van der Waals surface area contributed by atoms with Crippen molar-refractivity contribution in [2.75, 3.05) is 11.9 Å². The summed E-state index contributed by atoms with van der Waals surface area (Å²) in [4.78, 5) is 6.70. The van der Waals surface area contributed by atoms with Crippen LogP contribution in [0.4, 0.5) is 5.82 Å². The van der Waals surface area contributed by atoms with E-state index in [1.807, 2.05) is 6.20 Å². The molecule has 3 nitrogen and oxygen atoms in total. The molecular formula is C13H21N3. The van der Waals surface area contributed by atoms with Crippen LogP contribution >= 0.6 is 0 Å². The van der Waals surface area contributed by atoms with Gasteiger partial charge in [-0.05, 0) is 31.4 Å². The lowest BCUT2D eigenvalue weighted by Gasteiger charge is -2.36. The molecule has 0 saturated heterocycles. The normalized spacial score (nSPS) is 25.4. The summed E-state index contributed by atoms with van der Waals surface area (Å²) in [6.45, 7) is 2.06. The van der Waals surface area contributed by atoms with Crippen LogP contribution in [0, 0.1) is 6.92 Å². The van der Waals surface area contributed by atoms with E-state index in [-0.39, 0.29) is 0 Å². The third-order valence-corrected chi connectivity index (χ3v) is 3.54. The number of anilines is 1. The summed E-state index contributed by atoms with van der Waals surface area (Å²) in [5.41, 5.74) is 7.38. The second kappa shape index (κ2) is 4.83. The van der Waals surface area contributed by atoms with Crippen molar-refractivity contribution in [1.29, 1.82) is 0 Å². The van der Waals surface area contributed by atoms with E-state index in [4.69, 9.17) is 5.73 Å². The van der Waals surface area contributed by atoms with Crippen LogP contribution in [0.15, 0.2) is 18.3 Å². The molecule has 0 bridgehead atoms. The molecule has 1 aromatic rings. The van der Waals surface area contributed by atoms with Gasteiger partial charge in [0.05, 0.1) is 0 Å². The SMILES string of the molecule is Cc1ccc(N(C)C2CCCCC2N)nc1. The first-order valence-corrected chi connectivity index (χ1v) is 6.09. The number of aromatic nitrogens is 1. The maximum Gasteiger partial charge on any atom is 0.128 e. The van der Waals surface area contributed by atoms with E-state index >= 15 is 0 Å². The van der Waals surface area contributed by atoms with Gasteiger partial charge in [0.1, 0.15) is 5.82 Å². The van der Waals surface area contributed by atoms with Crippen LogP contribution in [0.5, 0.6) is 0 Å². The Morgan fingerprint density at radius 2 is 2.06 bits per heavy atom. The van der Waals surface area contributed by atoms with Gasteiger partial charge >= 0.3 is 0 Å². The van der Waals surface area contributed by atoms with E-state index in [0.717, 1.165) is 12.2 Å². The molecule has 1 aromatic heterocycles. The molecule has 0 aromatic carbocycles. The molecule has 16 heavy (non-hydrogen) atoms. The number of nitrogens with zero attached hydrogens (tertiary/aromatic N) is 2. The van der Waals surface area contributed by atoms with Crippen LogP contribution in [-0.2, 0) is 0 Å². The second-order valence-electron chi connectivity index (χ2n) is 4.82. The molecule has 0 amide bonds. The predicted octanol–water partition coefficient (Wildman–Crippen LogP) is 2.10. The van der Waals surface area contributed by atoms with E-state index in [0.29, 0.717) is 12.1 Å². The predicted molar refractivity (Wildman–Crippen MR) is 67.6 cm³/mol. The largest absolute Gasteiger partial charge is 0.355 e. The van der Waals surface area contributed by atoms with Gasteiger partial charge in [0.2, 0.25) is 0 Å².